The fourth-order valence-electron chi connectivity index (χ4n) is 1.17. The lowest BCUT2D eigenvalue weighted by atomic mass is 10.1. The van der Waals surface area contributed by atoms with Crippen molar-refractivity contribution in [1.29, 1.82) is 0 Å². The number of nitrogens with one attached hydrogen (secondary N) is 1. The van der Waals surface area contributed by atoms with Gasteiger partial charge in [-0.15, -0.1) is 0 Å². The fourth-order valence-corrected chi connectivity index (χ4v) is 2.79. The average Bonchev–Trinajstić information content (AvgIpc) is 2.17. The molecule has 1 spiro atoms. The minimum atomic E-state index is -0.734. The first-order chi connectivity index (χ1) is 4.23. The van der Waals surface area contributed by atoms with Gasteiger partial charge in [-0.05, 0) is 6.42 Å². The lowest BCUT2D eigenvalue weighted by molar-refractivity contribution is -0.111. The van der Waals surface area contributed by atoms with Gasteiger partial charge in [0.25, 0.3) is 0 Å². The molecule has 1 amide bonds. The van der Waals surface area contributed by atoms with E-state index < -0.39 is 10.8 Å². The molecule has 50 valence electrons. The third-order valence-electron chi connectivity index (χ3n) is 1.89. The lowest BCUT2D eigenvalue weighted by Gasteiger charge is -1.90. The third-order valence-corrected chi connectivity index (χ3v) is 3.36. The maximum atomic E-state index is 10.8. The van der Waals surface area contributed by atoms with Crippen LogP contribution >= 0.6 is 0 Å². The highest BCUT2D eigenvalue weighted by molar-refractivity contribution is 7.85. The van der Waals surface area contributed by atoms with E-state index in [0.717, 1.165) is 6.42 Å². The zero-order valence-electron chi connectivity index (χ0n) is 4.85. The van der Waals surface area contributed by atoms with Crippen LogP contribution in [0.15, 0.2) is 0 Å². The van der Waals surface area contributed by atoms with Crippen molar-refractivity contribution in [3.63, 3.8) is 0 Å². The van der Waals surface area contributed by atoms with Crippen LogP contribution in [-0.2, 0) is 15.6 Å². The molecule has 0 aliphatic carbocycles. The molecule has 0 saturated carbocycles. The number of amides is 1. The van der Waals surface area contributed by atoms with E-state index in [-0.39, 0.29) is 11.4 Å². The molecular formula is C5H7NO2S. The van der Waals surface area contributed by atoms with Crippen LogP contribution in [0.5, 0.6) is 0 Å². The molecule has 2 aliphatic heterocycles. The molecule has 0 bridgehead atoms. The van der Waals surface area contributed by atoms with Crippen LogP contribution < -0.4 is 5.32 Å². The molecule has 4 heteroatoms. The van der Waals surface area contributed by atoms with Gasteiger partial charge in [0, 0.05) is 16.6 Å². The zero-order valence-corrected chi connectivity index (χ0v) is 5.66. The Hall–Kier alpha value is -0.380. The Bertz CT molecular complexity index is 197. The lowest BCUT2D eigenvalue weighted by Crippen LogP contribution is -2.15. The van der Waals surface area contributed by atoms with E-state index in [2.05, 4.69) is 5.32 Å². The number of carbonyl (C=O) groups is 1. The molecule has 0 radical (unpaired) electrons. The summed E-state index contributed by atoms with van der Waals surface area (Å²) in [5.41, 5.74) is -0.315. The number of rotatable bonds is 0. The van der Waals surface area contributed by atoms with Gasteiger partial charge in [0.1, 0.15) is 5.54 Å². The van der Waals surface area contributed by atoms with Crippen LogP contribution in [0.4, 0.5) is 0 Å². The minimum absolute atomic E-state index is 0.0911. The largest absolute Gasteiger partial charge is 0.339 e. The summed E-state index contributed by atoms with van der Waals surface area (Å²) >= 11 is 0. The molecule has 2 atom stereocenters. The van der Waals surface area contributed by atoms with Crippen LogP contribution in [0.1, 0.15) is 6.42 Å². The van der Waals surface area contributed by atoms with Crippen molar-refractivity contribution in [2.75, 3.05) is 11.5 Å². The predicted octanol–water partition coefficient (Wildman–Crippen LogP) is -0.993. The van der Waals surface area contributed by atoms with Gasteiger partial charge in [-0.3, -0.25) is 9.00 Å². The van der Waals surface area contributed by atoms with Gasteiger partial charge in [-0.2, -0.15) is 0 Å². The van der Waals surface area contributed by atoms with E-state index in [1.807, 2.05) is 0 Å². The van der Waals surface area contributed by atoms with E-state index in [9.17, 15) is 9.00 Å². The van der Waals surface area contributed by atoms with Crippen molar-refractivity contribution < 1.29 is 9.00 Å². The van der Waals surface area contributed by atoms with Crippen LogP contribution in [0.3, 0.4) is 0 Å². The number of hydrogen-bond acceptors (Lipinski definition) is 2. The summed E-state index contributed by atoms with van der Waals surface area (Å²) in [6, 6.07) is 0. The van der Waals surface area contributed by atoms with E-state index in [4.69, 9.17) is 0 Å². The molecule has 0 aromatic rings. The van der Waals surface area contributed by atoms with E-state index >= 15 is 0 Å². The zero-order chi connectivity index (χ0) is 6.48. The van der Waals surface area contributed by atoms with Crippen LogP contribution in [0.25, 0.3) is 0 Å². The second-order valence-corrected chi connectivity index (χ2v) is 4.15. The van der Waals surface area contributed by atoms with E-state index in [1.165, 1.54) is 0 Å². The Kier molecular flexibility index (Phi) is 0.822. The maximum absolute atomic E-state index is 10.8. The van der Waals surface area contributed by atoms with Gasteiger partial charge in [0.15, 0.2) is 0 Å². The average molecular weight is 145 g/mol. The second-order valence-electron chi connectivity index (χ2n) is 2.57. The summed E-state index contributed by atoms with van der Waals surface area (Å²) in [5, 5.41) is 2.71. The quantitative estimate of drug-likeness (QED) is 0.445. The molecule has 2 saturated heterocycles. The van der Waals surface area contributed by atoms with E-state index in [0.29, 0.717) is 11.5 Å². The van der Waals surface area contributed by atoms with Crippen LogP contribution in [0.2, 0.25) is 0 Å². The van der Waals surface area contributed by atoms with Crippen molar-refractivity contribution in [2.24, 2.45) is 0 Å². The summed E-state index contributed by atoms with van der Waals surface area (Å²) in [6.45, 7) is 0. The first-order valence-corrected chi connectivity index (χ1v) is 4.39. The normalized spacial score (nSPS) is 47.6. The summed E-state index contributed by atoms with van der Waals surface area (Å²) in [4.78, 5) is 10.6. The number of carbonyl (C=O) groups excluding carboxylic acids is 1. The SMILES string of the molecule is O=C1NC12CCS(=O)C2. The van der Waals surface area contributed by atoms with E-state index in [1.54, 1.807) is 0 Å². The standard InChI is InChI=1S/C5H7NO2S/c7-4-5(6-4)1-2-9(8)3-5/h1-3H2,(H,6,7). The Morgan fingerprint density at radius 2 is 2.33 bits per heavy atom. The van der Waals surface area contributed by atoms with Crippen molar-refractivity contribution >= 4 is 16.7 Å². The molecule has 2 rings (SSSR count). The van der Waals surface area contributed by atoms with Crippen LogP contribution in [0, 0.1) is 0 Å². The fraction of sp³-hybridized carbons (Fsp3) is 0.800. The summed E-state index contributed by atoms with van der Waals surface area (Å²) in [6.07, 6.45) is 0.776. The molecular weight excluding hydrogens is 138 g/mol. The van der Waals surface area contributed by atoms with Crippen molar-refractivity contribution in [1.82, 2.24) is 5.32 Å². The first-order valence-electron chi connectivity index (χ1n) is 2.91. The third kappa shape index (κ3) is 0.625. The van der Waals surface area contributed by atoms with Gasteiger partial charge >= 0.3 is 0 Å². The Morgan fingerprint density at radius 1 is 1.67 bits per heavy atom. The maximum Gasteiger partial charge on any atom is 0.247 e. The van der Waals surface area contributed by atoms with Crippen molar-refractivity contribution in [2.45, 2.75) is 12.0 Å². The van der Waals surface area contributed by atoms with Gasteiger partial charge in [-0.25, -0.2) is 0 Å². The Morgan fingerprint density at radius 3 is 2.56 bits per heavy atom. The highest BCUT2D eigenvalue weighted by Crippen LogP contribution is 2.30. The van der Waals surface area contributed by atoms with Gasteiger partial charge in [-0.1, -0.05) is 0 Å². The topological polar surface area (TPSA) is 56.1 Å². The molecule has 0 aromatic heterocycles. The molecule has 9 heavy (non-hydrogen) atoms. The monoisotopic (exact) mass is 145 g/mol. The number of hydrogen-bond donors (Lipinski definition) is 1. The summed E-state index contributed by atoms with van der Waals surface area (Å²) in [7, 11) is -0.734. The molecule has 2 unspecified atom stereocenters. The van der Waals surface area contributed by atoms with Gasteiger partial charge in [0.2, 0.25) is 5.91 Å². The minimum Gasteiger partial charge on any atom is -0.339 e. The van der Waals surface area contributed by atoms with Gasteiger partial charge < -0.3 is 5.32 Å². The second kappa shape index (κ2) is 1.37. The smallest absolute Gasteiger partial charge is 0.247 e. The molecule has 2 fully saturated rings. The molecule has 2 heterocycles. The molecule has 0 aromatic carbocycles. The summed E-state index contributed by atoms with van der Waals surface area (Å²) in [5.74, 6) is 1.33. The van der Waals surface area contributed by atoms with Crippen LogP contribution in [-0.4, -0.2) is 27.2 Å². The van der Waals surface area contributed by atoms with Gasteiger partial charge in [0.05, 0.1) is 5.75 Å². The summed E-state index contributed by atoms with van der Waals surface area (Å²) < 4.78 is 10.8. The molecule has 2 aliphatic rings. The highest BCUT2D eigenvalue weighted by atomic mass is 32.2. The Balaban J connectivity index is 2.19. The predicted molar refractivity (Wildman–Crippen MR) is 33.4 cm³/mol. The van der Waals surface area contributed by atoms with Crippen molar-refractivity contribution in [3.05, 3.63) is 0 Å². The highest BCUT2D eigenvalue weighted by Gasteiger charge is 2.57. The first kappa shape index (κ1) is 5.41. The molecule has 3 nitrogen and oxygen atoms in total. The molecule has 1 N–H and O–H groups in total. The Labute approximate surface area is 55.3 Å². The van der Waals surface area contributed by atoms with Crippen molar-refractivity contribution in [3.8, 4) is 0 Å².